The first-order valence-electron chi connectivity index (χ1n) is 7.44. The van der Waals surface area contributed by atoms with Gasteiger partial charge in [0.2, 0.25) is 0 Å². The summed E-state index contributed by atoms with van der Waals surface area (Å²) in [5.41, 5.74) is 2.53. The van der Waals surface area contributed by atoms with Crippen molar-refractivity contribution in [2.75, 3.05) is 19.6 Å². The molecule has 0 radical (unpaired) electrons. The molecule has 114 valence electrons. The number of carbonyl (C=O) groups excluding carboxylic acids is 1. The number of hydrogen-bond acceptors (Lipinski definition) is 3. The first-order chi connectivity index (χ1) is 9.97. The van der Waals surface area contributed by atoms with Crippen LogP contribution in [0.25, 0.3) is 0 Å². The summed E-state index contributed by atoms with van der Waals surface area (Å²) in [6, 6.07) is 0.00287. The van der Waals surface area contributed by atoms with Crippen LogP contribution in [0.15, 0.2) is 30.2 Å². The molecule has 21 heavy (non-hydrogen) atoms. The molecular weight excluding hydrogens is 264 g/mol. The highest BCUT2D eigenvalue weighted by Crippen LogP contribution is 2.29. The van der Waals surface area contributed by atoms with Crippen LogP contribution < -0.4 is 5.32 Å². The van der Waals surface area contributed by atoms with E-state index in [1.165, 1.54) is 5.57 Å². The van der Waals surface area contributed by atoms with Gasteiger partial charge in [-0.1, -0.05) is 32.4 Å². The monoisotopic (exact) mass is 288 g/mol. The lowest BCUT2D eigenvalue weighted by Crippen LogP contribution is -2.43. The van der Waals surface area contributed by atoms with Crippen LogP contribution >= 0.6 is 0 Å². The molecule has 5 heteroatoms. The molecule has 2 amide bonds. The molecule has 0 saturated carbocycles. The van der Waals surface area contributed by atoms with E-state index in [1.54, 1.807) is 18.6 Å². The van der Waals surface area contributed by atoms with Crippen molar-refractivity contribution in [1.82, 2.24) is 20.2 Å². The van der Waals surface area contributed by atoms with E-state index in [0.29, 0.717) is 19.5 Å². The number of hydrogen-bond donors (Lipinski definition) is 1. The lowest BCUT2D eigenvalue weighted by Gasteiger charge is -2.32. The Morgan fingerprint density at radius 3 is 2.76 bits per heavy atom. The largest absolute Gasteiger partial charge is 0.338 e. The van der Waals surface area contributed by atoms with Gasteiger partial charge in [0.25, 0.3) is 0 Å². The highest BCUT2D eigenvalue weighted by atomic mass is 16.2. The zero-order valence-corrected chi connectivity index (χ0v) is 13.1. The molecule has 0 fully saturated rings. The Morgan fingerprint density at radius 2 is 2.19 bits per heavy atom. The van der Waals surface area contributed by atoms with Gasteiger partial charge in [-0.25, -0.2) is 4.79 Å². The van der Waals surface area contributed by atoms with E-state index in [0.717, 1.165) is 18.7 Å². The van der Waals surface area contributed by atoms with Gasteiger partial charge in [-0.15, -0.1) is 0 Å². The lowest BCUT2D eigenvalue weighted by molar-refractivity contribution is 0.200. The first kappa shape index (κ1) is 15.5. The van der Waals surface area contributed by atoms with Crippen molar-refractivity contribution in [3.8, 4) is 0 Å². The van der Waals surface area contributed by atoms with Gasteiger partial charge < -0.3 is 10.2 Å². The Bertz CT molecular complexity index is 505. The van der Waals surface area contributed by atoms with Crippen LogP contribution in [0.5, 0.6) is 0 Å². The SMILES string of the molecule is CC(C)(C)C1=CCN(C(=O)NCCc2cnccn2)CC1. The predicted octanol–water partition coefficient (Wildman–Crippen LogP) is 2.41. The van der Waals surface area contributed by atoms with E-state index in [9.17, 15) is 4.79 Å². The number of urea groups is 1. The molecule has 0 unspecified atom stereocenters. The molecule has 5 nitrogen and oxygen atoms in total. The second-order valence-electron chi connectivity index (χ2n) is 6.35. The summed E-state index contributed by atoms with van der Waals surface area (Å²) in [4.78, 5) is 22.1. The van der Waals surface area contributed by atoms with Crippen LogP contribution in [0.1, 0.15) is 32.9 Å². The third kappa shape index (κ3) is 4.55. The Labute approximate surface area is 126 Å². The van der Waals surface area contributed by atoms with E-state index in [1.807, 2.05) is 4.90 Å². The van der Waals surface area contributed by atoms with Crippen LogP contribution in [0, 0.1) is 5.41 Å². The molecule has 0 aromatic carbocycles. The van der Waals surface area contributed by atoms with E-state index < -0.39 is 0 Å². The topological polar surface area (TPSA) is 58.1 Å². The van der Waals surface area contributed by atoms with E-state index >= 15 is 0 Å². The number of aromatic nitrogens is 2. The van der Waals surface area contributed by atoms with Crippen LogP contribution in [0.3, 0.4) is 0 Å². The van der Waals surface area contributed by atoms with Gasteiger partial charge in [-0.05, 0) is 11.8 Å². The maximum Gasteiger partial charge on any atom is 0.317 e. The van der Waals surface area contributed by atoms with Crippen LogP contribution in [-0.4, -0.2) is 40.5 Å². The summed E-state index contributed by atoms with van der Waals surface area (Å²) in [5.74, 6) is 0. The Hall–Kier alpha value is -1.91. The summed E-state index contributed by atoms with van der Waals surface area (Å²) in [7, 11) is 0. The zero-order chi connectivity index (χ0) is 15.3. The number of nitrogens with zero attached hydrogens (tertiary/aromatic N) is 3. The summed E-state index contributed by atoms with van der Waals surface area (Å²) < 4.78 is 0. The van der Waals surface area contributed by atoms with Crippen LogP contribution in [0.2, 0.25) is 0 Å². The Balaban J connectivity index is 1.76. The van der Waals surface area contributed by atoms with Gasteiger partial charge in [0, 0.05) is 44.6 Å². The molecule has 0 saturated heterocycles. The Morgan fingerprint density at radius 1 is 1.38 bits per heavy atom. The molecule has 1 aromatic heterocycles. The van der Waals surface area contributed by atoms with Crippen molar-refractivity contribution in [3.63, 3.8) is 0 Å². The van der Waals surface area contributed by atoms with Gasteiger partial charge in [-0.2, -0.15) is 0 Å². The average Bonchev–Trinajstić information content (AvgIpc) is 2.47. The maximum atomic E-state index is 12.1. The zero-order valence-electron chi connectivity index (χ0n) is 13.1. The molecular formula is C16H24N4O. The number of nitrogens with one attached hydrogen (secondary N) is 1. The molecule has 1 aliphatic heterocycles. The minimum absolute atomic E-state index is 0.00287. The molecule has 2 heterocycles. The van der Waals surface area contributed by atoms with Gasteiger partial charge in [0.05, 0.1) is 5.69 Å². The van der Waals surface area contributed by atoms with Crippen molar-refractivity contribution >= 4 is 6.03 Å². The average molecular weight is 288 g/mol. The van der Waals surface area contributed by atoms with E-state index in [2.05, 4.69) is 42.1 Å². The number of carbonyl (C=O) groups is 1. The maximum absolute atomic E-state index is 12.1. The van der Waals surface area contributed by atoms with Crippen molar-refractivity contribution in [2.24, 2.45) is 5.41 Å². The normalized spacial score (nSPS) is 15.6. The van der Waals surface area contributed by atoms with Crippen molar-refractivity contribution in [3.05, 3.63) is 35.9 Å². The predicted molar refractivity (Wildman–Crippen MR) is 82.9 cm³/mol. The molecule has 0 atom stereocenters. The third-order valence-electron chi connectivity index (χ3n) is 3.73. The summed E-state index contributed by atoms with van der Waals surface area (Å²) in [6.07, 6.45) is 8.89. The van der Waals surface area contributed by atoms with Gasteiger partial charge >= 0.3 is 6.03 Å². The lowest BCUT2D eigenvalue weighted by atomic mass is 9.83. The van der Waals surface area contributed by atoms with Crippen molar-refractivity contribution in [1.29, 1.82) is 0 Å². The van der Waals surface area contributed by atoms with Crippen LogP contribution in [0.4, 0.5) is 4.79 Å². The molecule has 2 rings (SSSR count). The fraction of sp³-hybridized carbons (Fsp3) is 0.562. The van der Waals surface area contributed by atoms with E-state index in [-0.39, 0.29) is 11.4 Å². The molecule has 1 N–H and O–H groups in total. The quantitative estimate of drug-likeness (QED) is 0.869. The second kappa shape index (κ2) is 6.70. The highest BCUT2D eigenvalue weighted by molar-refractivity contribution is 5.74. The minimum Gasteiger partial charge on any atom is -0.338 e. The molecule has 1 aliphatic rings. The molecule has 0 aliphatic carbocycles. The highest BCUT2D eigenvalue weighted by Gasteiger charge is 2.23. The van der Waals surface area contributed by atoms with Gasteiger partial charge in [0.15, 0.2) is 0 Å². The minimum atomic E-state index is 0.00287. The number of amides is 2. The van der Waals surface area contributed by atoms with E-state index in [4.69, 9.17) is 0 Å². The standard InChI is InChI=1S/C16H24N4O/c1-16(2,3)13-5-10-20(11-6-13)15(21)19-7-4-14-12-17-8-9-18-14/h5,8-9,12H,4,6-7,10-11H2,1-3H3,(H,19,21). The number of rotatable bonds is 3. The van der Waals surface area contributed by atoms with Crippen molar-refractivity contribution < 1.29 is 4.79 Å². The Kier molecular flexibility index (Phi) is 4.94. The fourth-order valence-electron chi connectivity index (χ4n) is 2.40. The first-order valence-corrected chi connectivity index (χ1v) is 7.44. The van der Waals surface area contributed by atoms with Gasteiger partial charge in [0.1, 0.15) is 0 Å². The van der Waals surface area contributed by atoms with Crippen LogP contribution in [-0.2, 0) is 6.42 Å². The molecule has 0 spiro atoms. The molecule has 1 aromatic rings. The van der Waals surface area contributed by atoms with Crippen molar-refractivity contribution in [2.45, 2.75) is 33.6 Å². The smallest absolute Gasteiger partial charge is 0.317 e. The summed E-state index contributed by atoms with van der Waals surface area (Å²) in [5, 5.41) is 2.94. The summed E-state index contributed by atoms with van der Waals surface area (Å²) in [6.45, 7) is 8.73. The molecule has 0 bridgehead atoms. The summed E-state index contributed by atoms with van der Waals surface area (Å²) >= 11 is 0. The van der Waals surface area contributed by atoms with Gasteiger partial charge in [-0.3, -0.25) is 9.97 Å². The fourth-order valence-corrected chi connectivity index (χ4v) is 2.40. The second-order valence-corrected chi connectivity index (χ2v) is 6.35. The third-order valence-corrected chi connectivity index (χ3v) is 3.73.